The summed E-state index contributed by atoms with van der Waals surface area (Å²) in [7, 11) is -1.75. The fourth-order valence-electron chi connectivity index (χ4n) is 1.13. The molecule has 0 aromatic heterocycles. The van der Waals surface area contributed by atoms with Crippen molar-refractivity contribution in [3.05, 3.63) is 24.0 Å². The van der Waals surface area contributed by atoms with E-state index >= 15 is 0 Å². The smallest absolute Gasteiger partial charge is 0.399 e. The second-order valence-electron chi connectivity index (χ2n) is 3.41. The van der Waals surface area contributed by atoms with Gasteiger partial charge >= 0.3 is 6.18 Å². The van der Waals surface area contributed by atoms with Crippen molar-refractivity contribution >= 4 is 16.5 Å². The van der Waals surface area contributed by atoms with E-state index in [1.165, 1.54) is 12.1 Å². The Bertz CT molecular complexity index is 436. The van der Waals surface area contributed by atoms with Crippen molar-refractivity contribution in [1.29, 1.82) is 0 Å². The highest BCUT2D eigenvalue weighted by Gasteiger charge is 2.27. The zero-order chi connectivity index (χ0) is 13.8. The van der Waals surface area contributed by atoms with Crippen molar-refractivity contribution in [3.63, 3.8) is 0 Å². The van der Waals surface area contributed by atoms with Gasteiger partial charge in [0.25, 0.3) is 0 Å². The molecule has 2 N–H and O–H groups in total. The average Bonchev–Trinajstić information content (AvgIpc) is 2.22. The molecule has 0 aliphatic heterocycles. The maximum Gasteiger partial charge on any atom is 0.411 e. The Labute approximate surface area is 103 Å². The molecule has 0 aliphatic carbocycles. The number of ether oxygens (including phenoxy) is 1. The van der Waals surface area contributed by atoms with Crippen LogP contribution < -0.4 is 5.73 Å². The SMILES string of the molecule is Nc1ccc(S(=O)CCOCC(F)(F)F)c(F)c1. The van der Waals surface area contributed by atoms with Crippen molar-refractivity contribution < 1.29 is 26.5 Å². The van der Waals surface area contributed by atoms with Crippen LogP contribution in [-0.2, 0) is 15.5 Å². The topological polar surface area (TPSA) is 52.3 Å². The van der Waals surface area contributed by atoms with Gasteiger partial charge in [-0.15, -0.1) is 0 Å². The van der Waals surface area contributed by atoms with Gasteiger partial charge in [-0.3, -0.25) is 4.21 Å². The lowest BCUT2D eigenvalue weighted by Gasteiger charge is -2.08. The van der Waals surface area contributed by atoms with Crippen LogP contribution in [0.2, 0.25) is 0 Å². The number of alkyl halides is 3. The molecule has 0 saturated carbocycles. The van der Waals surface area contributed by atoms with Gasteiger partial charge in [0, 0.05) is 5.69 Å². The molecule has 1 aromatic rings. The molecule has 0 radical (unpaired) electrons. The molecule has 0 spiro atoms. The number of hydrogen-bond donors (Lipinski definition) is 1. The number of benzene rings is 1. The van der Waals surface area contributed by atoms with Gasteiger partial charge in [0.2, 0.25) is 0 Å². The van der Waals surface area contributed by atoms with Gasteiger partial charge in [-0.25, -0.2) is 4.39 Å². The minimum Gasteiger partial charge on any atom is -0.399 e. The minimum absolute atomic E-state index is 0.0974. The van der Waals surface area contributed by atoms with E-state index in [4.69, 9.17) is 5.73 Å². The van der Waals surface area contributed by atoms with Gasteiger partial charge in [0.15, 0.2) is 0 Å². The maximum absolute atomic E-state index is 13.3. The van der Waals surface area contributed by atoms with Crippen LogP contribution in [0.25, 0.3) is 0 Å². The molecule has 1 aromatic carbocycles. The van der Waals surface area contributed by atoms with Crippen LogP contribution in [0.5, 0.6) is 0 Å². The molecular formula is C10H11F4NO2S. The molecule has 1 atom stereocenters. The number of nitrogen functional groups attached to an aromatic ring is 1. The van der Waals surface area contributed by atoms with Gasteiger partial charge in [-0.1, -0.05) is 0 Å². The number of rotatable bonds is 5. The van der Waals surface area contributed by atoms with Crippen LogP contribution in [-0.4, -0.2) is 29.4 Å². The van der Waals surface area contributed by atoms with Crippen LogP contribution in [0, 0.1) is 5.82 Å². The summed E-state index contributed by atoms with van der Waals surface area (Å²) in [6, 6.07) is 3.61. The summed E-state index contributed by atoms with van der Waals surface area (Å²) in [4.78, 5) is -0.0974. The normalized spacial score (nSPS) is 13.6. The molecule has 0 bridgehead atoms. The molecule has 8 heteroatoms. The number of halogens is 4. The van der Waals surface area contributed by atoms with E-state index in [0.29, 0.717) is 0 Å². The molecule has 1 unspecified atom stereocenters. The largest absolute Gasteiger partial charge is 0.411 e. The summed E-state index contributed by atoms with van der Waals surface area (Å²) in [5.74, 6) is -0.958. The highest BCUT2D eigenvalue weighted by molar-refractivity contribution is 7.85. The molecule has 1 rings (SSSR count). The summed E-state index contributed by atoms with van der Waals surface area (Å²) in [5.41, 5.74) is 5.49. The second-order valence-corrected chi connectivity index (χ2v) is 4.95. The van der Waals surface area contributed by atoms with E-state index in [1.807, 2.05) is 0 Å². The predicted octanol–water partition coefficient (Wildman–Crippen LogP) is 2.09. The van der Waals surface area contributed by atoms with E-state index in [-0.39, 0.29) is 22.9 Å². The first kappa shape index (κ1) is 14.9. The third kappa shape index (κ3) is 5.01. The lowest BCUT2D eigenvalue weighted by atomic mass is 10.3. The van der Waals surface area contributed by atoms with Gasteiger partial charge in [-0.2, -0.15) is 13.2 Å². The van der Waals surface area contributed by atoms with Gasteiger partial charge in [-0.05, 0) is 18.2 Å². The first-order chi connectivity index (χ1) is 8.29. The first-order valence-corrected chi connectivity index (χ1v) is 6.19. The molecule has 0 amide bonds. The predicted molar refractivity (Wildman–Crippen MR) is 59.0 cm³/mol. The number of anilines is 1. The quantitative estimate of drug-likeness (QED) is 0.512. The molecule has 0 fully saturated rings. The zero-order valence-corrected chi connectivity index (χ0v) is 9.98. The Morgan fingerprint density at radius 3 is 2.56 bits per heavy atom. The maximum atomic E-state index is 13.3. The third-order valence-corrected chi connectivity index (χ3v) is 3.24. The molecular weight excluding hydrogens is 274 g/mol. The molecule has 18 heavy (non-hydrogen) atoms. The summed E-state index contributed by atoms with van der Waals surface area (Å²) >= 11 is 0. The fourth-order valence-corrected chi connectivity index (χ4v) is 2.12. The molecule has 102 valence electrons. The van der Waals surface area contributed by atoms with E-state index in [2.05, 4.69) is 4.74 Å². The summed E-state index contributed by atoms with van der Waals surface area (Å²) in [6.07, 6.45) is -4.42. The van der Waals surface area contributed by atoms with Crippen molar-refractivity contribution in [2.45, 2.75) is 11.1 Å². The highest BCUT2D eigenvalue weighted by Crippen LogP contribution is 2.17. The lowest BCUT2D eigenvalue weighted by molar-refractivity contribution is -0.172. The van der Waals surface area contributed by atoms with E-state index in [1.54, 1.807) is 0 Å². The first-order valence-electron chi connectivity index (χ1n) is 4.87. The van der Waals surface area contributed by atoms with Gasteiger partial charge < -0.3 is 10.5 Å². The fraction of sp³-hybridized carbons (Fsp3) is 0.400. The Balaban J connectivity index is 2.46. The van der Waals surface area contributed by atoms with Crippen molar-refractivity contribution in [1.82, 2.24) is 0 Å². The van der Waals surface area contributed by atoms with Crippen LogP contribution in [0.15, 0.2) is 23.1 Å². The standard InChI is InChI=1S/C10H11F4NO2S/c11-8-5-7(15)1-2-9(8)18(16)4-3-17-6-10(12,13)14/h1-2,5H,3-4,6,15H2. The monoisotopic (exact) mass is 285 g/mol. The van der Waals surface area contributed by atoms with E-state index < -0.39 is 29.4 Å². The Morgan fingerprint density at radius 1 is 1.33 bits per heavy atom. The summed E-state index contributed by atoms with van der Waals surface area (Å²) in [6.45, 7) is -1.77. The Kier molecular flexibility index (Phi) is 5.09. The number of hydrogen-bond acceptors (Lipinski definition) is 3. The lowest BCUT2D eigenvalue weighted by Crippen LogP contribution is -2.19. The summed E-state index contributed by atoms with van der Waals surface area (Å²) < 4.78 is 64.4. The average molecular weight is 285 g/mol. The van der Waals surface area contributed by atoms with Crippen LogP contribution in [0.3, 0.4) is 0 Å². The van der Waals surface area contributed by atoms with Gasteiger partial charge in [0.1, 0.15) is 12.4 Å². The number of nitrogens with two attached hydrogens (primary N) is 1. The van der Waals surface area contributed by atoms with Crippen LogP contribution in [0.4, 0.5) is 23.2 Å². The molecule has 0 aliphatic rings. The van der Waals surface area contributed by atoms with Crippen molar-refractivity contribution in [2.24, 2.45) is 0 Å². The van der Waals surface area contributed by atoms with Crippen LogP contribution >= 0.6 is 0 Å². The molecule has 0 saturated heterocycles. The third-order valence-electron chi connectivity index (χ3n) is 1.88. The Hall–Kier alpha value is -1.15. The van der Waals surface area contributed by atoms with Crippen molar-refractivity contribution in [2.75, 3.05) is 24.7 Å². The summed E-state index contributed by atoms with van der Waals surface area (Å²) in [5, 5.41) is 0. The van der Waals surface area contributed by atoms with E-state index in [9.17, 15) is 21.8 Å². The van der Waals surface area contributed by atoms with Gasteiger partial charge in [0.05, 0.1) is 28.1 Å². The Morgan fingerprint density at radius 2 is 2.00 bits per heavy atom. The van der Waals surface area contributed by atoms with E-state index in [0.717, 1.165) is 6.07 Å². The zero-order valence-electron chi connectivity index (χ0n) is 9.17. The highest BCUT2D eigenvalue weighted by atomic mass is 32.2. The molecule has 3 nitrogen and oxygen atoms in total. The molecule has 0 heterocycles. The van der Waals surface area contributed by atoms with Crippen molar-refractivity contribution in [3.8, 4) is 0 Å². The minimum atomic E-state index is -4.42. The van der Waals surface area contributed by atoms with Crippen LogP contribution in [0.1, 0.15) is 0 Å². The second kappa shape index (κ2) is 6.14.